The molecule has 0 spiro atoms. The summed E-state index contributed by atoms with van der Waals surface area (Å²) in [6.07, 6.45) is 0.281. The van der Waals surface area contributed by atoms with Crippen molar-refractivity contribution in [1.82, 2.24) is 0 Å². The summed E-state index contributed by atoms with van der Waals surface area (Å²) in [7, 11) is 2.31. The molecule has 20 heavy (non-hydrogen) atoms. The van der Waals surface area contributed by atoms with Gasteiger partial charge < -0.3 is 18.9 Å². The van der Waals surface area contributed by atoms with Gasteiger partial charge in [0, 0.05) is 6.08 Å². The van der Waals surface area contributed by atoms with Crippen molar-refractivity contribution in [3.63, 3.8) is 0 Å². The first kappa shape index (κ1) is 16.2. The van der Waals surface area contributed by atoms with Crippen LogP contribution in [0.3, 0.4) is 0 Å². The Hall–Kier alpha value is -1.89. The molecular weight excluding hydrogens is 268 g/mol. The number of carbonyl (C=O) groups is 3. The van der Waals surface area contributed by atoms with E-state index >= 15 is 0 Å². The summed E-state index contributed by atoms with van der Waals surface area (Å²) >= 11 is 0. The second kappa shape index (κ2) is 6.51. The van der Waals surface area contributed by atoms with Crippen molar-refractivity contribution in [3.8, 4) is 0 Å². The van der Waals surface area contributed by atoms with E-state index in [0.29, 0.717) is 0 Å². The summed E-state index contributed by atoms with van der Waals surface area (Å²) in [5, 5.41) is 0. The van der Waals surface area contributed by atoms with Gasteiger partial charge in [-0.05, 0) is 19.4 Å². The monoisotopic (exact) mass is 286 g/mol. The molecule has 1 aliphatic heterocycles. The van der Waals surface area contributed by atoms with Crippen LogP contribution < -0.4 is 0 Å². The van der Waals surface area contributed by atoms with Crippen molar-refractivity contribution in [2.24, 2.45) is 5.41 Å². The predicted molar refractivity (Wildman–Crippen MR) is 66.6 cm³/mol. The van der Waals surface area contributed by atoms with Gasteiger partial charge in [0.2, 0.25) is 5.41 Å². The number of rotatable bonds is 4. The summed E-state index contributed by atoms with van der Waals surface area (Å²) < 4.78 is 19.5. The van der Waals surface area contributed by atoms with Gasteiger partial charge in [-0.15, -0.1) is 0 Å². The van der Waals surface area contributed by atoms with Crippen LogP contribution in [-0.4, -0.2) is 51.4 Å². The second-order valence-electron chi connectivity index (χ2n) is 4.17. The number of hydrogen-bond acceptors (Lipinski definition) is 7. The van der Waals surface area contributed by atoms with E-state index < -0.39 is 29.4 Å². The van der Waals surface area contributed by atoms with Crippen LogP contribution in [0, 0.1) is 5.41 Å². The summed E-state index contributed by atoms with van der Waals surface area (Å²) in [6.45, 7) is 3.32. The lowest BCUT2D eigenvalue weighted by molar-refractivity contribution is -0.169. The van der Waals surface area contributed by atoms with Crippen molar-refractivity contribution >= 4 is 17.9 Å². The van der Waals surface area contributed by atoms with Crippen LogP contribution in [0.1, 0.15) is 13.8 Å². The molecule has 1 rings (SSSR count). The Bertz CT molecular complexity index is 422. The van der Waals surface area contributed by atoms with Crippen molar-refractivity contribution in [2.75, 3.05) is 27.4 Å². The van der Waals surface area contributed by atoms with Crippen LogP contribution in [0.25, 0.3) is 0 Å². The molecule has 0 N–H and O–H groups in total. The largest absolute Gasteiger partial charge is 0.468 e. The van der Waals surface area contributed by atoms with E-state index in [1.807, 2.05) is 0 Å². The third kappa shape index (κ3) is 2.53. The highest BCUT2D eigenvalue weighted by atomic mass is 16.6. The molecule has 0 radical (unpaired) electrons. The molecule has 7 heteroatoms. The van der Waals surface area contributed by atoms with Crippen LogP contribution in [-0.2, 0) is 33.3 Å². The molecule has 0 saturated carbocycles. The van der Waals surface area contributed by atoms with E-state index in [1.165, 1.54) is 0 Å². The number of carbonyl (C=O) groups excluding carboxylic acids is 3. The zero-order valence-electron chi connectivity index (χ0n) is 11.9. The third-order valence-corrected chi connectivity index (χ3v) is 3.20. The molecule has 112 valence electrons. The second-order valence-corrected chi connectivity index (χ2v) is 4.17. The summed E-state index contributed by atoms with van der Waals surface area (Å²) in [6, 6.07) is 0. The van der Waals surface area contributed by atoms with E-state index in [4.69, 9.17) is 9.47 Å². The first-order chi connectivity index (χ1) is 9.44. The molecule has 1 atom stereocenters. The Kier molecular flexibility index (Phi) is 5.26. The van der Waals surface area contributed by atoms with Gasteiger partial charge >= 0.3 is 17.9 Å². The van der Waals surface area contributed by atoms with Crippen molar-refractivity contribution in [3.05, 3.63) is 11.6 Å². The zero-order valence-corrected chi connectivity index (χ0v) is 11.9. The van der Waals surface area contributed by atoms with Gasteiger partial charge in [-0.1, -0.05) is 0 Å². The van der Waals surface area contributed by atoms with E-state index in [2.05, 4.69) is 9.47 Å². The molecule has 1 heterocycles. The lowest BCUT2D eigenvalue weighted by Crippen LogP contribution is -2.47. The summed E-state index contributed by atoms with van der Waals surface area (Å²) in [5.41, 5.74) is -1.60. The third-order valence-electron chi connectivity index (χ3n) is 3.20. The summed E-state index contributed by atoms with van der Waals surface area (Å²) in [4.78, 5) is 35.8. The van der Waals surface area contributed by atoms with Crippen LogP contribution in [0.4, 0.5) is 0 Å². The highest BCUT2D eigenvalue weighted by Gasteiger charge is 2.60. The average molecular weight is 286 g/mol. The molecular formula is C13H18O7. The molecule has 0 aromatic carbocycles. The summed E-state index contributed by atoms with van der Waals surface area (Å²) in [5.74, 6) is -2.31. The first-order valence-corrected chi connectivity index (χ1v) is 6.11. The Morgan fingerprint density at radius 2 is 1.85 bits per heavy atom. The predicted octanol–water partition coefficient (Wildman–Crippen LogP) is 0.227. The Morgan fingerprint density at radius 1 is 1.30 bits per heavy atom. The normalized spacial score (nSPS) is 22.4. The molecule has 0 aromatic rings. The smallest absolute Gasteiger partial charge is 0.330 e. The fourth-order valence-corrected chi connectivity index (χ4v) is 2.20. The lowest BCUT2D eigenvalue weighted by Gasteiger charge is -2.27. The van der Waals surface area contributed by atoms with Gasteiger partial charge in [-0.25, -0.2) is 4.79 Å². The van der Waals surface area contributed by atoms with E-state index in [0.717, 1.165) is 20.3 Å². The van der Waals surface area contributed by atoms with Gasteiger partial charge in [-0.2, -0.15) is 0 Å². The number of ether oxygens (including phenoxy) is 4. The topological polar surface area (TPSA) is 88.1 Å². The van der Waals surface area contributed by atoms with E-state index in [1.54, 1.807) is 13.8 Å². The van der Waals surface area contributed by atoms with Crippen molar-refractivity contribution in [1.29, 1.82) is 0 Å². The average Bonchev–Trinajstić information content (AvgIpc) is 2.75. The number of esters is 3. The highest BCUT2D eigenvalue weighted by molar-refractivity contribution is 6.06. The Labute approximate surface area is 116 Å². The van der Waals surface area contributed by atoms with E-state index in [-0.39, 0.29) is 18.8 Å². The maximum atomic E-state index is 12.1. The molecule has 0 amide bonds. The van der Waals surface area contributed by atoms with Crippen LogP contribution in [0.5, 0.6) is 0 Å². The molecule has 7 nitrogen and oxygen atoms in total. The maximum absolute atomic E-state index is 12.1. The minimum absolute atomic E-state index is 0.0514. The maximum Gasteiger partial charge on any atom is 0.330 e. The zero-order chi connectivity index (χ0) is 15.3. The highest BCUT2D eigenvalue weighted by Crippen LogP contribution is 2.42. The molecule has 0 aliphatic carbocycles. The molecule has 1 fully saturated rings. The van der Waals surface area contributed by atoms with Gasteiger partial charge in [0.05, 0.1) is 33.5 Å². The minimum atomic E-state index is -1.77. The van der Waals surface area contributed by atoms with E-state index in [9.17, 15) is 14.4 Å². The van der Waals surface area contributed by atoms with Crippen molar-refractivity contribution in [2.45, 2.75) is 20.0 Å². The number of methoxy groups -OCH3 is 2. The van der Waals surface area contributed by atoms with Crippen LogP contribution >= 0.6 is 0 Å². The van der Waals surface area contributed by atoms with Gasteiger partial charge in [0.1, 0.15) is 0 Å². The molecule has 1 aliphatic rings. The Balaban J connectivity index is 3.31. The minimum Gasteiger partial charge on any atom is -0.468 e. The Morgan fingerprint density at radius 3 is 2.30 bits per heavy atom. The molecule has 0 bridgehead atoms. The molecule has 0 unspecified atom stereocenters. The van der Waals surface area contributed by atoms with Crippen LogP contribution in [0.15, 0.2) is 11.6 Å². The first-order valence-electron chi connectivity index (χ1n) is 6.11. The molecule has 0 aromatic heterocycles. The SMILES string of the molecule is CCOC(=O)/C=C1\CO[C@@H](C)C1(C(=O)OC)C(=O)OC. The van der Waals surface area contributed by atoms with Gasteiger partial charge in [0.15, 0.2) is 0 Å². The lowest BCUT2D eigenvalue weighted by atomic mass is 9.77. The number of hydrogen-bond donors (Lipinski definition) is 0. The van der Waals surface area contributed by atoms with Crippen LogP contribution in [0.2, 0.25) is 0 Å². The standard InChI is InChI=1S/C13H18O7/c1-5-19-10(14)6-9-7-20-8(2)13(9,11(15)17-3)12(16)18-4/h6,8H,5,7H2,1-4H3/b9-6+/t8-/m0/s1. The van der Waals surface area contributed by atoms with Crippen molar-refractivity contribution < 1.29 is 33.3 Å². The fourth-order valence-electron chi connectivity index (χ4n) is 2.20. The quantitative estimate of drug-likeness (QED) is 0.316. The van der Waals surface area contributed by atoms with Gasteiger partial charge in [-0.3, -0.25) is 9.59 Å². The fraction of sp³-hybridized carbons (Fsp3) is 0.615. The van der Waals surface area contributed by atoms with Gasteiger partial charge in [0.25, 0.3) is 0 Å². The molecule has 1 saturated heterocycles.